The first-order valence-electron chi connectivity index (χ1n) is 12.2. The van der Waals surface area contributed by atoms with Gasteiger partial charge in [0.05, 0.1) is 30.5 Å². The van der Waals surface area contributed by atoms with Crippen LogP contribution in [-0.4, -0.2) is 57.7 Å². The predicted octanol–water partition coefficient (Wildman–Crippen LogP) is 3.96. The lowest BCUT2D eigenvalue weighted by Crippen LogP contribution is -2.40. The van der Waals surface area contributed by atoms with Crippen molar-refractivity contribution in [1.82, 2.24) is 19.7 Å². The van der Waals surface area contributed by atoms with E-state index in [0.29, 0.717) is 48.7 Å². The summed E-state index contributed by atoms with van der Waals surface area (Å²) in [7, 11) is 1.82. The lowest BCUT2D eigenvalue weighted by Gasteiger charge is -2.28. The van der Waals surface area contributed by atoms with E-state index in [-0.39, 0.29) is 24.7 Å². The maximum absolute atomic E-state index is 13.7. The summed E-state index contributed by atoms with van der Waals surface area (Å²) < 4.78 is 13.3. The number of aryl methyl sites for hydroxylation is 1. The number of hydrogen-bond donors (Lipinski definition) is 0. The minimum atomic E-state index is -0.127. The molecule has 1 amide bonds. The van der Waals surface area contributed by atoms with Gasteiger partial charge in [-0.1, -0.05) is 36.4 Å². The lowest BCUT2D eigenvalue weighted by atomic mass is 9.94. The number of nitrogens with zero attached hydrogens (tertiary/aromatic N) is 4. The fourth-order valence-corrected chi connectivity index (χ4v) is 4.35. The molecule has 0 unspecified atom stereocenters. The first-order chi connectivity index (χ1) is 18.1. The Morgan fingerprint density at radius 3 is 2.46 bits per heavy atom. The van der Waals surface area contributed by atoms with Crippen LogP contribution in [0.4, 0.5) is 0 Å². The molecule has 0 N–H and O–H groups in total. The van der Waals surface area contributed by atoms with E-state index in [1.807, 2.05) is 49.6 Å². The summed E-state index contributed by atoms with van der Waals surface area (Å²) in [5.74, 6) is 0.131. The molecule has 8 nitrogen and oxygen atoms in total. The van der Waals surface area contributed by atoms with E-state index in [9.17, 15) is 9.59 Å². The van der Waals surface area contributed by atoms with Crippen LogP contribution in [0.25, 0.3) is 11.1 Å². The second-order valence-corrected chi connectivity index (χ2v) is 8.94. The van der Waals surface area contributed by atoms with Crippen LogP contribution in [0.2, 0.25) is 0 Å². The molecule has 8 heteroatoms. The standard InChI is InChI=1S/C29H28N4O4/c1-32-19-23(18-31-32)24-15-26(27(34)14-22-8-5-9-30-17-22)28(37-20-21-6-3-2-4-7-21)16-25(24)29(35)33-10-12-36-13-11-33/h2-9,15-19H,10-14,20H2,1H3. The molecule has 0 saturated carbocycles. The first kappa shape index (κ1) is 24.4. The highest BCUT2D eigenvalue weighted by Gasteiger charge is 2.26. The molecule has 37 heavy (non-hydrogen) atoms. The monoisotopic (exact) mass is 496 g/mol. The van der Waals surface area contributed by atoms with Gasteiger partial charge in [0.1, 0.15) is 12.4 Å². The fourth-order valence-electron chi connectivity index (χ4n) is 4.35. The Kier molecular flexibility index (Phi) is 7.37. The molecule has 2 aromatic heterocycles. The number of Topliss-reactive ketones (excluding diaryl/α,β-unsaturated/α-hetero) is 1. The molecule has 0 aliphatic carbocycles. The van der Waals surface area contributed by atoms with E-state index in [1.165, 1.54) is 0 Å². The van der Waals surface area contributed by atoms with Crippen molar-refractivity contribution >= 4 is 11.7 Å². The van der Waals surface area contributed by atoms with Gasteiger partial charge in [0.25, 0.3) is 5.91 Å². The van der Waals surface area contributed by atoms with Crippen molar-refractivity contribution in [3.05, 3.63) is 102 Å². The third-order valence-electron chi connectivity index (χ3n) is 6.29. The number of carbonyl (C=O) groups excluding carboxylic acids is 2. The number of ether oxygens (including phenoxy) is 2. The van der Waals surface area contributed by atoms with Crippen LogP contribution in [0.15, 0.2) is 79.4 Å². The van der Waals surface area contributed by atoms with Gasteiger partial charge in [-0.25, -0.2) is 0 Å². The Labute approximate surface area is 215 Å². The summed E-state index contributed by atoms with van der Waals surface area (Å²) in [6, 6.07) is 16.9. The summed E-state index contributed by atoms with van der Waals surface area (Å²) in [6.45, 7) is 2.27. The third-order valence-corrected chi connectivity index (χ3v) is 6.29. The number of amides is 1. The molecule has 0 spiro atoms. The first-order valence-corrected chi connectivity index (χ1v) is 12.2. The zero-order chi connectivity index (χ0) is 25.6. The van der Waals surface area contributed by atoms with Crippen LogP contribution < -0.4 is 4.74 Å². The average Bonchev–Trinajstić information content (AvgIpc) is 3.38. The quantitative estimate of drug-likeness (QED) is 0.343. The molecule has 1 aliphatic rings. The minimum absolute atomic E-state index is 0.119. The number of benzene rings is 2. The summed E-state index contributed by atoms with van der Waals surface area (Å²) in [4.78, 5) is 33.2. The molecule has 4 aromatic rings. The van der Waals surface area contributed by atoms with Gasteiger partial charge in [-0.05, 0) is 34.9 Å². The van der Waals surface area contributed by atoms with E-state index in [0.717, 1.165) is 16.7 Å². The number of rotatable bonds is 8. The van der Waals surface area contributed by atoms with Gasteiger partial charge in [-0.15, -0.1) is 0 Å². The van der Waals surface area contributed by atoms with Gasteiger partial charge in [-0.3, -0.25) is 19.3 Å². The van der Waals surface area contributed by atoms with Crippen LogP contribution in [0.5, 0.6) is 5.75 Å². The zero-order valence-corrected chi connectivity index (χ0v) is 20.7. The molecular weight excluding hydrogens is 468 g/mol. The molecule has 1 saturated heterocycles. The zero-order valence-electron chi connectivity index (χ0n) is 20.7. The Balaban J connectivity index is 1.58. The molecule has 188 valence electrons. The molecule has 0 radical (unpaired) electrons. The molecular formula is C29H28N4O4. The predicted molar refractivity (Wildman–Crippen MR) is 138 cm³/mol. The molecule has 1 fully saturated rings. The van der Waals surface area contributed by atoms with Gasteiger partial charge in [-0.2, -0.15) is 5.10 Å². The number of carbonyl (C=O) groups is 2. The average molecular weight is 497 g/mol. The highest BCUT2D eigenvalue weighted by atomic mass is 16.5. The summed E-state index contributed by atoms with van der Waals surface area (Å²) in [5.41, 5.74) is 4.05. The smallest absolute Gasteiger partial charge is 0.254 e. The van der Waals surface area contributed by atoms with Gasteiger partial charge >= 0.3 is 0 Å². The lowest BCUT2D eigenvalue weighted by molar-refractivity contribution is 0.0303. The van der Waals surface area contributed by atoms with Crippen LogP contribution in [0.1, 0.15) is 31.8 Å². The molecule has 0 atom stereocenters. The van der Waals surface area contributed by atoms with Gasteiger partial charge in [0, 0.05) is 50.7 Å². The largest absolute Gasteiger partial charge is 0.488 e. The van der Waals surface area contributed by atoms with Gasteiger partial charge in [0.15, 0.2) is 5.78 Å². The van der Waals surface area contributed by atoms with Crippen molar-refractivity contribution in [1.29, 1.82) is 0 Å². The summed E-state index contributed by atoms with van der Waals surface area (Å²) >= 11 is 0. The van der Waals surface area contributed by atoms with Gasteiger partial charge < -0.3 is 14.4 Å². The number of ketones is 1. The van der Waals surface area contributed by atoms with E-state index in [2.05, 4.69) is 10.1 Å². The summed E-state index contributed by atoms with van der Waals surface area (Å²) in [5, 5.41) is 4.29. The number of hydrogen-bond acceptors (Lipinski definition) is 6. The topological polar surface area (TPSA) is 86.6 Å². The number of pyridine rings is 1. The Morgan fingerprint density at radius 2 is 1.76 bits per heavy atom. The van der Waals surface area contributed by atoms with Crippen LogP contribution >= 0.6 is 0 Å². The number of aromatic nitrogens is 3. The molecule has 1 aliphatic heterocycles. The van der Waals surface area contributed by atoms with Crippen LogP contribution in [0, 0.1) is 0 Å². The SMILES string of the molecule is Cn1cc(-c2cc(C(=O)Cc3cccnc3)c(OCc3ccccc3)cc2C(=O)N2CCOCC2)cn1. The maximum atomic E-state index is 13.7. The Hall–Kier alpha value is -4.30. The van der Waals surface area contributed by atoms with Crippen LogP contribution in [0.3, 0.4) is 0 Å². The van der Waals surface area contributed by atoms with Gasteiger partial charge in [0.2, 0.25) is 0 Å². The second kappa shape index (κ2) is 11.2. The van der Waals surface area contributed by atoms with Crippen molar-refractivity contribution in [2.24, 2.45) is 7.05 Å². The number of morpholine rings is 1. The van der Waals surface area contributed by atoms with E-state index in [1.54, 1.807) is 46.4 Å². The highest BCUT2D eigenvalue weighted by molar-refractivity contribution is 6.06. The molecule has 0 bridgehead atoms. The maximum Gasteiger partial charge on any atom is 0.254 e. The minimum Gasteiger partial charge on any atom is -0.488 e. The van der Waals surface area contributed by atoms with Crippen LogP contribution in [-0.2, 0) is 24.8 Å². The van der Waals surface area contributed by atoms with Crippen molar-refractivity contribution < 1.29 is 19.1 Å². The summed E-state index contributed by atoms with van der Waals surface area (Å²) in [6.07, 6.45) is 7.06. The normalized spacial score (nSPS) is 13.4. The Bertz CT molecular complexity index is 1380. The molecule has 2 aromatic carbocycles. The van der Waals surface area contributed by atoms with E-state index < -0.39 is 0 Å². The van der Waals surface area contributed by atoms with E-state index >= 15 is 0 Å². The second-order valence-electron chi connectivity index (χ2n) is 8.94. The van der Waals surface area contributed by atoms with Crippen molar-refractivity contribution in [3.8, 4) is 16.9 Å². The highest BCUT2D eigenvalue weighted by Crippen LogP contribution is 2.33. The van der Waals surface area contributed by atoms with Crippen molar-refractivity contribution in [2.75, 3.05) is 26.3 Å². The Morgan fingerprint density at radius 1 is 0.973 bits per heavy atom. The van der Waals surface area contributed by atoms with Crippen molar-refractivity contribution in [3.63, 3.8) is 0 Å². The third kappa shape index (κ3) is 5.76. The van der Waals surface area contributed by atoms with Crippen molar-refractivity contribution in [2.45, 2.75) is 13.0 Å². The molecule has 5 rings (SSSR count). The molecule has 3 heterocycles. The fraction of sp³-hybridized carbons (Fsp3) is 0.241. The van der Waals surface area contributed by atoms with E-state index in [4.69, 9.17) is 9.47 Å².